The molecule has 0 spiro atoms. The Morgan fingerprint density at radius 1 is 1.45 bits per heavy atom. The Bertz CT molecular complexity index is 479. The molecule has 0 amide bonds. The maximum Gasteiger partial charge on any atom is 0.0684 e. The molecule has 0 aromatic carbocycles. The Morgan fingerprint density at radius 3 is 2.95 bits per heavy atom. The van der Waals surface area contributed by atoms with Gasteiger partial charge in [0.15, 0.2) is 0 Å². The van der Waals surface area contributed by atoms with Crippen LogP contribution in [0.3, 0.4) is 0 Å². The van der Waals surface area contributed by atoms with Gasteiger partial charge in [0.2, 0.25) is 0 Å². The number of nitrogens with zero attached hydrogens (tertiary/aromatic N) is 2. The summed E-state index contributed by atoms with van der Waals surface area (Å²) in [4.78, 5) is 0. The van der Waals surface area contributed by atoms with Crippen molar-refractivity contribution in [3.63, 3.8) is 0 Å². The van der Waals surface area contributed by atoms with Crippen LogP contribution in [0.4, 0.5) is 0 Å². The molecule has 3 heteroatoms. The van der Waals surface area contributed by atoms with Crippen LogP contribution in [-0.4, -0.2) is 11.1 Å². The van der Waals surface area contributed by atoms with Crippen molar-refractivity contribution < 1.29 is 0 Å². The summed E-state index contributed by atoms with van der Waals surface area (Å²) in [6.45, 7) is 8.28. The molecule has 0 bridgehead atoms. The van der Waals surface area contributed by atoms with E-state index in [4.69, 9.17) is 5.26 Å². The standard InChI is InChI=1S/C17H27N3/c1-4-9-19-16-7-5-6-14-11-20(12-15(14)16)10-8-17(2,3)13-18/h11-12,16,19H,4-10H2,1-3H3. The summed E-state index contributed by atoms with van der Waals surface area (Å²) in [5.74, 6) is 0. The van der Waals surface area contributed by atoms with Crippen LogP contribution in [0, 0.1) is 16.7 Å². The number of aryl methyl sites for hydroxylation is 2. The zero-order valence-electron chi connectivity index (χ0n) is 13.1. The molecule has 0 radical (unpaired) electrons. The fourth-order valence-corrected chi connectivity index (χ4v) is 2.87. The third-order valence-corrected chi connectivity index (χ3v) is 4.25. The van der Waals surface area contributed by atoms with E-state index < -0.39 is 0 Å². The second-order valence-electron chi connectivity index (χ2n) is 6.62. The van der Waals surface area contributed by atoms with Crippen LogP contribution >= 0.6 is 0 Å². The number of nitriles is 1. The molecule has 20 heavy (non-hydrogen) atoms. The molecule has 2 rings (SSSR count). The Balaban J connectivity index is 2.04. The molecule has 0 aliphatic heterocycles. The number of hydrogen-bond acceptors (Lipinski definition) is 2. The lowest BCUT2D eigenvalue weighted by atomic mass is 9.91. The molecule has 1 atom stereocenters. The summed E-state index contributed by atoms with van der Waals surface area (Å²) < 4.78 is 2.29. The topological polar surface area (TPSA) is 40.8 Å². The Labute approximate surface area is 123 Å². The van der Waals surface area contributed by atoms with Gasteiger partial charge in [-0.2, -0.15) is 5.26 Å². The van der Waals surface area contributed by atoms with Gasteiger partial charge in [-0.05, 0) is 63.6 Å². The first-order chi connectivity index (χ1) is 9.55. The molecule has 0 saturated heterocycles. The smallest absolute Gasteiger partial charge is 0.0684 e. The van der Waals surface area contributed by atoms with Gasteiger partial charge in [0, 0.05) is 25.0 Å². The molecule has 1 aromatic heterocycles. The SMILES string of the molecule is CCCNC1CCCc2cn(CCC(C)(C)C#N)cc21. The molecule has 1 aliphatic carbocycles. The van der Waals surface area contributed by atoms with Gasteiger partial charge >= 0.3 is 0 Å². The number of hydrogen-bond donors (Lipinski definition) is 1. The first kappa shape index (κ1) is 15.1. The minimum absolute atomic E-state index is 0.232. The van der Waals surface area contributed by atoms with Crippen LogP contribution < -0.4 is 5.32 Å². The van der Waals surface area contributed by atoms with Crippen molar-refractivity contribution in [1.82, 2.24) is 9.88 Å². The summed E-state index contributed by atoms with van der Waals surface area (Å²) in [7, 11) is 0. The van der Waals surface area contributed by atoms with Crippen molar-refractivity contribution in [2.75, 3.05) is 6.54 Å². The second kappa shape index (κ2) is 6.45. The predicted molar refractivity (Wildman–Crippen MR) is 82.4 cm³/mol. The van der Waals surface area contributed by atoms with Crippen LogP contribution in [-0.2, 0) is 13.0 Å². The van der Waals surface area contributed by atoms with Crippen molar-refractivity contribution >= 4 is 0 Å². The van der Waals surface area contributed by atoms with E-state index in [0.717, 1.165) is 19.5 Å². The average molecular weight is 273 g/mol. The first-order valence-electron chi connectivity index (χ1n) is 7.89. The van der Waals surface area contributed by atoms with Crippen LogP contribution in [0.2, 0.25) is 0 Å². The molecular formula is C17H27N3. The third kappa shape index (κ3) is 3.64. The average Bonchev–Trinajstić information content (AvgIpc) is 2.86. The van der Waals surface area contributed by atoms with E-state index in [1.807, 2.05) is 13.8 Å². The highest BCUT2D eigenvalue weighted by Crippen LogP contribution is 2.31. The molecule has 1 aromatic rings. The first-order valence-corrected chi connectivity index (χ1v) is 7.89. The van der Waals surface area contributed by atoms with Crippen LogP contribution in [0.15, 0.2) is 12.4 Å². The largest absolute Gasteiger partial charge is 0.354 e. The van der Waals surface area contributed by atoms with Gasteiger partial charge in [0.25, 0.3) is 0 Å². The molecule has 0 fully saturated rings. The number of aromatic nitrogens is 1. The zero-order chi connectivity index (χ0) is 14.6. The van der Waals surface area contributed by atoms with Gasteiger partial charge in [-0.1, -0.05) is 6.92 Å². The molecule has 0 saturated carbocycles. The van der Waals surface area contributed by atoms with Crippen molar-refractivity contribution in [2.24, 2.45) is 5.41 Å². The van der Waals surface area contributed by atoms with E-state index >= 15 is 0 Å². The Kier molecular flexibility index (Phi) is 4.88. The highest BCUT2D eigenvalue weighted by Gasteiger charge is 2.22. The quantitative estimate of drug-likeness (QED) is 0.856. The van der Waals surface area contributed by atoms with Crippen molar-refractivity contribution in [2.45, 2.75) is 65.5 Å². The lowest BCUT2D eigenvalue weighted by Crippen LogP contribution is -2.24. The van der Waals surface area contributed by atoms with Gasteiger partial charge in [-0.3, -0.25) is 0 Å². The highest BCUT2D eigenvalue weighted by atomic mass is 15.0. The number of nitrogens with one attached hydrogen (secondary N) is 1. The van der Waals surface area contributed by atoms with Crippen LogP contribution in [0.25, 0.3) is 0 Å². The minimum atomic E-state index is -0.232. The van der Waals surface area contributed by atoms with Gasteiger partial charge in [0.05, 0.1) is 11.5 Å². The van der Waals surface area contributed by atoms with E-state index in [0.29, 0.717) is 6.04 Å². The second-order valence-corrected chi connectivity index (χ2v) is 6.62. The van der Waals surface area contributed by atoms with Crippen molar-refractivity contribution in [1.29, 1.82) is 5.26 Å². The lowest BCUT2D eigenvalue weighted by molar-refractivity contribution is 0.413. The van der Waals surface area contributed by atoms with E-state index in [-0.39, 0.29) is 5.41 Å². The molecule has 110 valence electrons. The Hall–Kier alpha value is -1.27. The molecule has 1 unspecified atom stereocenters. The Morgan fingerprint density at radius 2 is 2.25 bits per heavy atom. The fraction of sp³-hybridized carbons (Fsp3) is 0.706. The van der Waals surface area contributed by atoms with Gasteiger partial charge in [-0.15, -0.1) is 0 Å². The lowest BCUT2D eigenvalue weighted by Gasteiger charge is -2.23. The van der Waals surface area contributed by atoms with Gasteiger partial charge in [-0.25, -0.2) is 0 Å². The van der Waals surface area contributed by atoms with E-state index in [1.165, 1.54) is 36.8 Å². The number of fused-ring (bicyclic) bond motifs is 1. The van der Waals surface area contributed by atoms with E-state index in [1.54, 1.807) is 0 Å². The van der Waals surface area contributed by atoms with Crippen LogP contribution in [0.1, 0.15) is 63.6 Å². The maximum atomic E-state index is 9.10. The predicted octanol–water partition coefficient (Wildman–Crippen LogP) is 3.80. The summed E-state index contributed by atoms with van der Waals surface area (Å²) >= 11 is 0. The molecule has 1 aliphatic rings. The van der Waals surface area contributed by atoms with Gasteiger partial charge in [0.1, 0.15) is 0 Å². The molecule has 3 nitrogen and oxygen atoms in total. The monoisotopic (exact) mass is 273 g/mol. The summed E-state index contributed by atoms with van der Waals surface area (Å²) in [5.41, 5.74) is 2.75. The molecular weight excluding hydrogens is 246 g/mol. The fourth-order valence-electron chi connectivity index (χ4n) is 2.87. The summed E-state index contributed by atoms with van der Waals surface area (Å²) in [5, 5.41) is 12.8. The van der Waals surface area contributed by atoms with Crippen LogP contribution in [0.5, 0.6) is 0 Å². The third-order valence-electron chi connectivity index (χ3n) is 4.25. The van der Waals surface area contributed by atoms with Crippen molar-refractivity contribution in [3.8, 4) is 6.07 Å². The summed E-state index contributed by atoms with van der Waals surface area (Å²) in [6.07, 6.45) is 10.4. The molecule has 1 N–H and O–H groups in total. The number of rotatable bonds is 6. The summed E-state index contributed by atoms with van der Waals surface area (Å²) in [6, 6.07) is 2.92. The van der Waals surface area contributed by atoms with Gasteiger partial charge < -0.3 is 9.88 Å². The normalized spacial score (nSPS) is 18.6. The highest BCUT2D eigenvalue weighted by molar-refractivity contribution is 5.30. The van der Waals surface area contributed by atoms with E-state index in [9.17, 15) is 0 Å². The van der Waals surface area contributed by atoms with Crippen molar-refractivity contribution in [3.05, 3.63) is 23.5 Å². The van der Waals surface area contributed by atoms with E-state index in [2.05, 4.69) is 35.3 Å². The maximum absolute atomic E-state index is 9.10. The zero-order valence-corrected chi connectivity index (χ0v) is 13.1. The molecule has 1 heterocycles. The minimum Gasteiger partial charge on any atom is -0.354 e.